The molecule has 0 spiro atoms. The molecule has 0 aromatic heterocycles. The number of nitrogens with one attached hydrogen (secondary N) is 1. The second kappa shape index (κ2) is 5.86. The van der Waals surface area contributed by atoms with E-state index in [9.17, 15) is 17.4 Å². The molecule has 0 fully saturated rings. The van der Waals surface area contributed by atoms with Crippen LogP contribution in [0.1, 0.15) is 18.5 Å². The molecule has 23 heavy (non-hydrogen) atoms. The first-order chi connectivity index (χ1) is 10.8. The van der Waals surface area contributed by atoms with Crippen molar-refractivity contribution in [3.8, 4) is 22.6 Å². The Bertz CT molecular complexity index is 747. The standard InChI is InChI=1S/C15H12F3NO3S/c1-9-12-3-2-4-13(14(12)22-23(20)19-9)10-5-7-11(8-6-10)21-15(16,17)18/h2-9,19H,1H3. The highest BCUT2D eigenvalue weighted by atomic mass is 32.2. The molecule has 4 nitrogen and oxygen atoms in total. The third-order valence-corrected chi connectivity index (χ3v) is 4.21. The van der Waals surface area contributed by atoms with Gasteiger partial charge in [-0.05, 0) is 24.6 Å². The third-order valence-electron chi connectivity index (χ3n) is 3.34. The smallest absolute Gasteiger partial charge is 0.406 e. The van der Waals surface area contributed by atoms with E-state index < -0.39 is 17.6 Å². The van der Waals surface area contributed by atoms with Gasteiger partial charge in [-0.15, -0.1) is 13.2 Å². The average Bonchev–Trinajstić information content (AvgIpc) is 2.46. The van der Waals surface area contributed by atoms with E-state index in [1.165, 1.54) is 24.3 Å². The normalized spacial score (nSPS) is 20.5. The lowest BCUT2D eigenvalue weighted by atomic mass is 9.98. The molecule has 2 aromatic carbocycles. The second-order valence-corrected chi connectivity index (χ2v) is 5.83. The summed E-state index contributed by atoms with van der Waals surface area (Å²) < 4.78 is 60.2. The molecule has 1 aliphatic rings. The van der Waals surface area contributed by atoms with Crippen LogP contribution in [0.2, 0.25) is 0 Å². The maximum Gasteiger partial charge on any atom is 0.573 e. The highest BCUT2D eigenvalue weighted by molar-refractivity contribution is 7.78. The van der Waals surface area contributed by atoms with Gasteiger partial charge in [0.15, 0.2) is 5.75 Å². The molecular formula is C15H12F3NO3S. The summed E-state index contributed by atoms with van der Waals surface area (Å²) in [7, 11) is 0. The first kappa shape index (κ1) is 15.8. The summed E-state index contributed by atoms with van der Waals surface area (Å²) in [6, 6.07) is 10.7. The SMILES string of the molecule is CC1NS(=O)Oc2c(-c3ccc(OC(F)(F)F)cc3)cccc21. The van der Waals surface area contributed by atoms with Gasteiger partial charge >= 0.3 is 6.36 Å². The van der Waals surface area contributed by atoms with Crippen molar-refractivity contribution >= 4 is 11.3 Å². The number of ether oxygens (including phenoxy) is 1. The molecule has 122 valence electrons. The van der Waals surface area contributed by atoms with Crippen LogP contribution in [-0.4, -0.2) is 10.6 Å². The van der Waals surface area contributed by atoms with Gasteiger partial charge in [0.05, 0.1) is 0 Å². The number of hydrogen-bond acceptors (Lipinski definition) is 3. The number of fused-ring (bicyclic) bond motifs is 1. The molecule has 0 radical (unpaired) electrons. The number of benzene rings is 2. The summed E-state index contributed by atoms with van der Waals surface area (Å²) in [4.78, 5) is 0. The van der Waals surface area contributed by atoms with E-state index >= 15 is 0 Å². The summed E-state index contributed by atoms with van der Waals surface area (Å²) in [5.41, 5.74) is 2.13. The zero-order valence-electron chi connectivity index (χ0n) is 11.9. The van der Waals surface area contributed by atoms with Gasteiger partial charge in [-0.2, -0.15) is 8.93 Å². The summed E-state index contributed by atoms with van der Waals surface area (Å²) in [6.07, 6.45) is -4.73. The van der Waals surface area contributed by atoms with Gasteiger partial charge < -0.3 is 8.92 Å². The summed E-state index contributed by atoms with van der Waals surface area (Å²) >= 11 is -1.66. The zero-order valence-corrected chi connectivity index (χ0v) is 12.7. The first-order valence-corrected chi connectivity index (χ1v) is 7.76. The summed E-state index contributed by atoms with van der Waals surface area (Å²) in [6.45, 7) is 1.85. The van der Waals surface area contributed by atoms with Gasteiger partial charge in [-0.3, -0.25) is 0 Å². The van der Waals surface area contributed by atoms with E-state index in [2.05, 4.69) is 9.46 Å². The van der Waals surface area contributed by atoms with Crippen molar-refractivity contribution in [3.63, 3.8) is 0 Å². The molecule has 2 atom stereocenters. The summed E-state index contributed by atoms with van der Waals surface area (Å²) in [5, 5.41) is 0. The zero-order chi connectivity index (χ0) is 16.6. The van der Waals surface area contributed by atoms with Crippen LogP contribution in [0.4, 0.5) is 13.2 Å². The van der Waals surface area contributed by atoms with Gasteiger partial charge in [-0.1, -0.05) is 30.3 Å². The van der Waals surface area contributed by atoms with Crippen LogP contribution >= 0.6 is 0 Å². The molecule has 0 saturated heterocycles. The van der Waals surface area contributed by atoms with Crippen LogP contribution in [0.15, 0.2) is 42.5 Å². The van der Waals surface area contributed by atoms with Crippen molar-refractivity contribution in [2.45, 2.75) is 19.3 Å². The fourth-order valence-electron chi connectivity index (χ4n) is 2.36. The number of hydrogen-bond donors (Lipinski definition) is 1. The van der Waals surface area contributed by atoms with Crippen LogP contribution < -0.4 is 13.6 Å². The Morgan fingerprint density at radius 3 is 2.52 bits per heavy atom. The minimum Gasteiger partial charge on any atom is -0.406 e. The lowest BCUT2D eigenvalue weighted by Crippen LogP contribution is -2.30. The Hall–Kier alpha value is -2.06. The quantitative estimate of drug-likeness (QED) is 0.900. The van der Waals surface area contributed by atoms with Crippen LogP contribution in [0.3, 0.4) is 0 Å². The molecule has 3 rings (SSSR count). The number of halogens is 3. The van der Waals surface area contributed by atoms with Gasteiger partial charge in [-0.25, -0.2) is 0 Å². The van der Waals surface area contributed by atoms with Crippen LogP contribution in [-0.2, 0) is 11.3 Å². The van der Waals surface area contributed by atoms with E-state index in [0.29, 0.717) is 16.9 Å². The van der Waals surface area contributed by atoms with Crippen LogP contribution in [0.5, 0.6) is 11.5 Å². The van der Waals surface area contributed by atoms with Crippen LogP contribution in [0.25, 0.3) is 11.1 Å². The maximum atomic E-state index is 12.2. The Kier molecular flexibility index (Phi) is 4.03. The molecule has 0 amide bonds. The minimum absolute atomic E-state index is 0.160. The van der Waals surface area contributed by atoms with E-state index in [4.69, 9.17) is 4.18 Å². The molecule has 0 saturated carbocycles. The van der Waals surface area contributed by atoms with Crippen molar-refractivity contribution in [1.29, 1.82) is 0 Å². The highest BCUT2D eigenvalue weighted by Crippen LogP contribution is 2.39. The fraction of sp³-hybridized carbons (Fsp3) is 0.200. The fourth-order valence-corrected chi connectivity index (χ4v) is 3.16. The Morgan fingerprint density at radius 2 is 1.87 bits per heavy atom. The maximum absolute atomic E-state index is 12.2. The van der Waals surface area contributed by atoms with Gasteiger partial charge in [0.1, 0.15) is 5.75 Å². The molecule has 0 bridgehead atoms. The topological polar surface area (TPSA) is 47.6 Å². The van der Waals surface area contributed by atoms with E-state index in [1.807, 2.05) is 19.1 Å². The van der Waals surface area contributed by atoms with Crippen LogP contribution in [0, 0.1) is 0 Å². The Morgan fingerprint density at radius 1 is 1.17 bits per heavy atom. The lowest BCUT2D eigenvalue weighted by Gasteiger charge is -2.24. The number of rotatable bonds is 2. The molecule has 1 aliphatic heterocycles. The molecule has 2 aromatic rings. The molecule has 0 aliphatic carbocycles. The predicted molar refractivity (Wildman–Crippen MR) is 78.9 cm³/mol. The van der Waals surface area contributed by atoms with Gasteiger partial charge in [0, 0.05) is 17.2 Å². The Balaban J connectivity index is 1.97. The van der Waals surface area contributed by atoms with Crippen molar-refractivity contribution in [2.24, 2.45) is 0 Å². The largest absolute Gasteiger partial charge is 0.573 e. The number of alkyl halides is 3. The van der Waals surface area contributed by atoms with Crippen molar-refractivity contribution in [1.82, 2.24) is 4.72 Å². The number of para-hydroxylation sites is 1. The Labute approximate surface area is 133 Å². The molecule has 1 N–H and O–H groups in total. The van der Waals surface area contributed by atoms with E-state index in [-0.39, 0.29) is 11.8 Å². The highest BCUT2D eigenvalue weighted by Gasteiger charge is 2.31. The third kappa shape index (κ3) is 3.48. The average molecular weight is 343 g/mol. The second-order valence-electron chi connectivity index (χ2n) is 4.95. The molecule has 2 unspecified atom stereocenters. The van der Waals surface area contributed by atoms with Crippen molar-refractivity contribution < 1.29 is 26.3 Å². The van der Waals surface area contributed by atoms with Crippen molar-refractivity contribution in [3.05, 3.63) is 48.0 Å². The van der Waals surface area contributed by atoms with Crippen molar-refractivity contribution in [2.75, 3.05) is 0 Å². The predicted octanol–water partition coefficient (Wildman–Crippen LogP) is 3.87. The minimum atomic E-state index is -4.73. The molecular weight excluding hydrogens is 331 g/mol. The monoisotopic (exact) mass is 343 g/mol. The molecule has 1 heterocycles. The molecule has 8 heteroatoms. The van der Waals surface area contributed by atoms with Gasteiger partial charge in [0.2, 0.25) is 0 Å². The van der Waals surface area contributed by atoms with E-state index in [1.54, 1.807) is 6.07 Å². The first-order valence-electron chi connectivity index (χ1n) is 6.69. The lowest BCUT2D eigenvalue weighted by molar-refractivity contribution is -0.274. The van der Waals surface area contributed by atoms with Gasteiger partial charge in [0.25, 0.3) is 11.3 Å². The van der Waals surface area contributed by atoms with E-state index in [0.717, 1.165) is 5.56 Å². The summed E-state index contributed by atoms with van der Waals surface area (Å²) in [5.74, 6) is 0.159.